The van der Waals surface area contributed by atoms with Crippen LogP contribution in [-0.2, 0) is 16.6 Å². The maximum Gasteiger partial charge on any atom is 0.251 e. The second-order valence-electron chi connectivity index (χ2n) is 7.81. The second-order valence-corrected chi connectivity index (χ2v) is 9.72. The lowest BCUT2D eigenvalue weighted by atomic mass is 10.1. The van der Waals surface area contributed by atoms with Gasteiger partial charge in [-0.25, -0.2) is 8.42 Å². The molecule has 5 nitrogen and oxygen atoms in total. The molecule has 1 heterocycles. The average Bonchev–Trinajstić information content (AvgIpc) is 2.78. The first-order chi connectivity index (χ1) is 14.4. The van der Waals surface area contributed by atoms with E-state index in [4.69, 9.17) is 0 Å². The van der Waals surface area contributed by atoms with Crippen molar-refractivity contribution in [3.63, 3.8) is 0 Å². The van der Waals surface area contributed by atoms with Gasteiger partial charge >= 0.3 is 0 Å². The lowest BCUT2D eigenvalue weighted by Gasteiger charge is -2.26. The van der Waals surface area contributed by atoms with Gasteiger partial charge in [-0.2, -0.15) is 4.31 Å². The van der Waals surface area contributed by atoms with E-state index >= 15 is 0 Å². The molecule has 1 fully saturated rings. The van der Waals surface area contributed by atoms with Crippen LogP contribution >= 0.6 is 0 Å². The van der Waals surface area contributed by atoms with Gasteiger partial charge in [0.15, 0.2) is 0 Å². The van der Waals surface area contributed by atoms with Gasteiger partial charge in [-0.15, -0.1) is 0 Å². The Morgan fingerprint density at radius 2 is 1.67 bits per heavy atom. The number of amides is 1. The fourth-order valence-corrected chi connectivity index (χ4v) is 5.66. The van der Waals surface area contributed by atoms with Gasteiger partial charge in [0.25, 0.3) is 5.91 Å². The Hall–Kier alpha value is -2.70. The third-order valence-electron chi connectivity index (χ3n) is 5.65. The fraction of sp³-hybridized carbons (Fsp3) is 0.292. The molecule has 3 aromatic rings. The first-order valence-electron chi connectivity index (χ1n) is 10.3. The van der Waals surface area contributed by atoms with Crippen molar-refractivity contribution in [2.45, 2.75) is 37.6 Å². The van der Waals surface area contributed by atoms with Gasteiger partial charge in [-0.1, -0.05) is 48.9 Å². The number of carbonyl (C=O) groups is 1. The van der Waals surface area contributed by atoms with E-state index in [0.717, 1.165) is 35.6 Å². The lowest BCUT2D eigenvalue weighted by molar-refractivity contribution is 0.0950. The molecule has 1 amide bonds. The van der Waals surface area contributed by atoms with Crippen LogP contribution in [0.1, 0.15) is 40.7 Å². The fourth-order valence-electron chi connectivity index (χ4n) is 3.90. The van der Waals surface area contributed by atoms with E-state index in [1.165, 1.54) is 10.4 Å². The summed E-state index contributed by atoms with van der Waals surface area (Å²) in [4.78, 5) is 13.0. The molecule has 4 rings (SSSR count). The topological polar surface area (TPSA) is 66.5 Å². The summed E-state index contributed by atoms with van der Waals surface area (Å²) in [6.07, 6.45) is 2.82. The minimum atomic E-state index is -3.59. The van der Waals surface area contributed by atoms with Crippen molar-refractivity contribution in [1.29, 1.82) is 0 Å². The molecule has 0 aliphatic carbocycles. The van der Waals surface area contributed by atoms with Gasteiger partial charge in [-0.05, 0) is 59.9 Å². The number of aryl methyl sites for hydroxylation is 1. The zero-order chi connectivity index (χ0) is 21.1. The third-order valence-corrected chi connectivity index (χ3v) is 7.69. The maximum atomic E-state index is 13.1. The van der Waals surface area contributed by atoms with Crippen LogP contribution < -0.4 is 5.32 Å². The molecule has 1 saturated heterocycles. The molecule has 6 heteroatoms. The van der Waals surface area contributed by atoms with Crippen LogP contribution in [0.4, 0.5) is 0 Å². The SMILES string of the molecule is Cc1ccc(C(=O)NCc2ccc3ccccc3c2)cc1S(=O)(=O)N1CCCCC1. The summed E-state index contributed by atoms with van der Waals surface area (Å²) in [7, 11) is -3.59. The van der Waals surface area contributed by atoms with Crippen LogP contribution in [0.3, 0.4) is 0 Å². The van der Waals surface area contributed by atoms with Crippen LogP contribution in [0.2, 0.25) is 0 Å². The molecule has 156 valence electrons. The van der Waals surface area contributed by atoms with Crippen molar-refractivity contribution in [3.8, 4) is 0 Å². The standard InChI is InChI=1S/C24H26N2O3S/c1-18-9-11-22(16-23(18)30(28,29)26-13-5-2-6-14-26)24(27)25-17-19-10-12-20-7-3-4-8-21(20)15-19/h3-4,7-12,15-16H,2,5-6,13-14,17H2,1H3,(H,25,27). The quantitative estimate of drug-likeness (QED) is 0.668. The second kappa shape index (κ2) is 8.58. The number of fused-ring (bicyclic) bond motifs is 1. The first-order valence-corrected chi connectivity index (χ1v) is 11.8. The number of piperidine rings is 1. The maximum absolute atomic E-state index is 13.1. The van der Waals surface area contributed by atoms with Crippen molar-refractivity contribution in [2.75, 3.05) is 13.1 Å². The van der Waals surface area contributed by atoms with Crippen LogP contribution in [0, 0.1) is 6.92 Å². The van der Waals surface area contributed by atoms with Crippen molar-refractivity contribution in [2.24, 2.45) is 0 Å². The molecule has 0 saturated carbocycles. The van der Waals surface area contributed by atoms with Crippen molar-refractivity contribution < 1.29 is 13.2 Å². The van der Waals surface area contributed by atoms with E-state index in [2.05, 4.69) is 11.4 Å². The van der Waals surface area contributed by atoms with E-state index in [9.17, 15) is 13.2 Å². The highest BCUT2D eigenvalue weighted by atomic mass is 32.2. The molecule has 0 radical (unpaired) electrons. The van der Waals surface area contributed by atoms with Crippen molar-refractivity contribution in [3.05, 3.63) is 77.4 Å². The monoisotopic (exact) mass is 422 g/mol. The molecule has 1 aliphatic rings. The van der Waals surface area contributed by atoms with E-state index in [1.54, 1.807) is 19.1 Å². The molecular formula is C24H26N2O3S. The Morgan fingerprint density at radius 1 is 0.933 bits per heavy atom. The predicted molar refractivity (Wildman–Crippen MR) is 119 cm³/mol. The normalized spacial score (nSPS) is 15.2. The summed E-state index contributed by atoms with van der Waals surface area (Å²) in [6, 6.07) is 19.1. The highest BCUT2D eigenvalue weighted by Gasteiger charge is 2.28. The predicted octanol–water partition coefficient (Wildman–Crippen LogP) is 4.25. The van der Waals surface area contributed by atoms with E-state index < -0.39 is 10.0 Å². The van der Waals surface area contributed by atoms with Crippen LogP contribution in [0.25, 0.3) is 10.8 Å². The Morgan fingerprint density at radius 3 is 2.43 bits per heavy atom. The summed E-state index contributed by atoms with van der Waals surface area (Å²) >= 11 is 0. The van der Waals surface area contributed by atoms with Crippen molar-refractivity contribution in [1.82, 2.24) is 9.62 Å². The third kappa shape index (κ3) is 4.25. The number of nitrogens with one attached hydrogen (secondary N) is 1. The van der Waals surface area contributed by atoms with Gasteiger partial charge in [0.05, 0.1) is 4.90 Å². The van der Waals surface area contributed by atoms with Crippen LogP contribution in [-0.4, -0.2) is 31.7 Å². The molecular weight excluding hydrogens is 396 g/mol. The molecule has 0 bridgehead atoms. The Labute approximate surface area is 177 Å². The minimum Gasteiger partial charge on any atom is -0.348 e. The van der Waals surface area contributed by atoms with Gasteiger partial charge in [-0.3, -0.25) is 4.79 Å². The summed E-state index contributed by atoms with van der Waals surface area (Å²) in [5.74, 6) is -0.279. The number of hydrogen-bond donors (Lipinski definition) is 1. The zero-order valence-electron chi connectivity index (χ0n) is 17.1. The Bertz CT molecular complexity index is 1180. The molecule has 0 atom stereocenters. The largest absolute Gasteiger partial charge is 0.348 e. The summed E-state index contributed by atoms with van der Waals surface area (Å²) < 4.78 is 27.7. The minimum absolute atomic E-state index is 0.225. The van der Waals surface area contributed by atoms with Crippen LogP contribution in [0.15, 0.2) is 65.6 Å². The van der Waals surface area contributed by atoms with Crippen LogP contribution in [0.5, 0.6) is 0 Å². The van der Waals surface area contributed by atoms with Gasteiger partial charge in [0.2, 0.25) is 10.0 Å². The Kier molecular flexibility index (Phi) is 5.88. The zero-order valence-corrected chi connectivity index (χ0v) is 17.9. The van der Waals surface area contributed by atoms with Gasteiger partial charge in [0.1, 0.15) is 0 Å². The van der Waals surface area contributed by atoms with Crippen molar-refractivity contribution >= 4 is 26.7 Å². The van der Waals surface area contributed by atoms with E-state index in [1.807, 2.05) is 36.4 Å². The van der Waals surface area contributed by atoms with E-state index in [0.29, 0.717) is 30.8 Å². The molecule has 1 N–H and O–H groups in total. The smallest absolute Gasteiger partial charge is 0.251 e. The number of benzene rings is 3. The molecule has 1 aliphatic heterocycles. The number of sulfonamides is 1. The van der Waals surface area contributed by atoms with Gasteiger partial charge < -0.3 is 5.32 Å². The Balaban J connectivity index is 1.52. The first kappa shape index (κ1) is 20.6. The molecule has 0 aromatic heterocycles. The van der Waals surface area contributed by atoms with E-state index in [-0.39, 0.29) is 10.8 Å². The summed E-state index contributed by atoms with van der Waals surface area (Å²) in [6.45, 7) is 3.24. The average molecular weight is 423 g/mol. The summed E-state index contributed by atoms with van der Waals surface area (Å²) in [5.41, 5.74) is 2.01. The van der Waals surface area contributed by atoms with Gasteiger partial charge in [0, 0.05) is 25.2 Å². The highest BCUT2D eigenvalue weighted by Crippen LogP contribution is 2.24. The summed E-state index contributed by atoms with van der Waals surface area (Å²) in [5, 5.41) is 5.18. The number of rotatable bonds is 5. The molecule has 0 spiro atoms. The lowest BCUT2D eigenvalue weighted by Crippen LogP contribution is -2.36. The number of carbonyl (C=O) groups excluding carboxylic acids is 1. The molecule has 0 unspecified atom stereocenters. The molecule has 30 heavy (non-hydrogen) atoms. The number of hydrogen-bond acceptors (Lipinski definition) is 3. The molecule has 3 aromatic carbocycles. The number of nitrogens with zero attached hydrogens (tertiary/aromatic N) is 1. The highest BCUT2D eigenvalue weighted by molar-refractivity contribution is 7.89.